The summed E-state index contributed by atoms with van der Waals surface area (Å²) in [6.45, 7) is 5.39. The van der Waals surface area contributed by atoms with Gasteiger partial charge < -0.3 is 10.6 Å². The molecule has 6 heteroatoms. The lowest BCUT2D eigenvalue weighted by Gasteiger charge is -2.11. The van der Waals surface area contributed by atoms with Crippen LogP contribution in [0.25, 0.3) is 0 Å². The van der Waals surface area contributed by atoms with E-state index in [1.807, 2.05) is 6.07 Å². The molecule has 0 saturated heterocycles. The van der Waals surface area contributed by atoms with Gasteiger partial charge in [0.1, 0.15) is 5.82 Å². The third-order valence-corrected chi connectivity index (χ3v) is 4.60. The number of rotatable bonds is 6. The lowest BCUT2D eigenvalue weighted by molar-refractivity contribution is 0.604. The van der Waals surface area contributed by atoms with Crippen LogP contribution in [0.1, 0.15) is 28.1 Å². The summed E-state index contributed by atoms with van der Waals surface area (Å²) in [7, 11) is 1.71. The molecular formula is C17H23FN4S. The highest BCUT2D eigenvalue weighted by molar-refractivity contribution is 7.11. The number of hydrogen-bond acceptors (Lipinski definition) is 3. The van der Waals surface area contributed by atoms with Crippen molar-refractivity contribution < 1.29 is 4.39 Å². The molecule has 0 aliphatic rings. The fraction of sp³-hybridized carbons (Fsp3) is 0.412. The Hall–Kier alpha value is -1.95. The van der Waals surface area contributed by atoms with E-state index in [2.05, 4.69) is 34.5 Å². The summed E-state index contributed by atoms with van der Waals surface area (Å²) < 4.78 is 13.6. The van der Waals surface area contributed by atoms with Crippen molar-refractivity contribution in [1.29, 1.82) is 0 Å². The molecule has 1 heterocycles. The van der Waals surface area contributed by atoms with Gasteiger partial charge in [-0.2, -0.15) is 0 Å². The largest absolute Gasteiger partial charge is 0.356 e. The number of benzene rings is 1. The second-order valence-corrected chi connectivity index (χ2v) is 6.45. The monoisotopic (exact) mass is 334 g/mol. The van der Waals surface area contributed by atoms with Gasteiger partial charge in [0.05, 0.1) is 10.7 Å². The second kappa shape index (κ2) is 8.62. The maximum absolute atomic E-state index is 13.6. The summed E-state index contributed by atoms with van der Waals surface area (Å²) >= 11 is 1.75. The van der Waals surface area contributed by atoms with Gasteiger partial charge in [-0.3, -0.25) is 4.99 Å². The van der Waals surface area contributed by atoms with E-state index < -0.39 is 0 Å². The van der Waals surface area contributed by atoms with Gasteiger partial charge in [-0.25, -0.2) is 9.37 Å². The molecule has 1 aromatic carbocycles. The van der Waals surface area contributed by atoms with Crippen molar-refractivity contribution >= 4 is 17.3 Å². The number of hydrogen-bond donors (Lipinski definition) is 2. The minimum absolute atomic E-state index is 0.208. The van der Waals surface area contributed by atoms with Gasteiger partial charge in [-0.15, -0.1) is 11.3 Å². The molecule has 0 bridgehead atoms. The molecule has 124 valence electrons. The lowest BCUT2D eigenvalue weighted by atomic mass is 10.2. The van der Waals surface area contributed by atoms with Crippen molar-refractivity contribution in [3.63, 3.8) is 0 Å². The Bertz CT molecular complexity index is 666. The predicted molar refractivity (Wildman–Crippen MR) is 94.5 cm³/mol. The maximum atomic E-state index is 13.6. The molecular weight excluding hydrogens is 311 g/mol. The zero-order valence-corrected chi connectivity index (χ0v) is 14.6. The van der Waals surface area contributed by atoms with E-state index in [9.17, 15) is 4.39 Å². The van der Waals surface area contributed by atoms with Crippen molar-refractivity contribution in [2.24, 2.45) is 4.99 Å². The SMILES string of the molecule is CCc1nc(CCNC(=NC)NCc2ccccc2F)sc1C. The van der Waals surface area contributed by atoms with Crippen LogP contribution >= 0.6 is 11.3 Å². The zero-order chi connectivity index (χ0) is 16.7. The number of guanidine groups is 1. The van der Waals surface area contributed by atoms with Gasteiger partial charge >= 0.3 is 0 Å². The highest BCUT2D eigenvalue weighted by Crippen LogP contribution is 2.17. The quantitative estimate of drug-likeness (QED) is 0.630. The summed E-state index contributed by atoms with van der Waals surface area (Å²) in [5.74, 6) is 0.457. The lowest BCUT2D eigenvalue weighted by Crippen LogP contribution is -2.38. The number of thiazole rings is 1. The first kappa shape index (κ1) is 17.4. The Kier molecular flexibility index (Phi) is 6.52. The number of aliphatic imine (C=N–C) groups is 1. The van der Waals surface area contributed by atoms with Crippen LogP contribution in [0, 0.1) is 12.7 Å². The topological polar surface area (TPSA) is 49.3 Å². The van der Waals surface area contributed by atoms with Gasteiger partial charge in [-0.05, 0) is 19.4 Å². The van der Waals surface area contributed by atoms with Crippen LogP contribution in [0.4, 0.5) is 4.39 Å². The third kappa shape index (κ3) is 5.03. The molecule has 23 heavy (non-hydrogen) atoms. The second-order valence-electron chi connectivity index (χ2n) is 5.16. The molecule has 0 saturated carbocycles. The van der Waals surface area contributed by atoms with Crippen LogP contribution in [0.3, 0.4) is 0 Å². The van der Waals surface area contributed by atoms with Crippen LogP contribution in [0.15, 0.2) is 29.3 Å². The van der Waals surface area contributed by atoms with E-state index in [4.69, 9.17) is 0 Å². The first-order chi connectivity index (χ1) is 11.1. The summed E-state index contributed by atoms with van der Waals surface area (Å²) in [5.41, 5.74) is 1.81. The summed E-state index contributed by atoms with van der Waals surface area (Å²) in [5, 5.41) is 7.50. The Morgan fingerprint density at radius 3 is 2.74 bits per heavy atom. The molecule has 0 radical (unpaired) electrons. The van der Waals surface area contributed by atoms with Gasteiger partial charge in [0.25, 0.3) is 0 Å². The van der Waals surface area contributed by atoms with Crippen molar-refractivity contribution in [3.8, 4) is 0 Å². The first-order valence-corrected chi connectivity index (χ1v) is 8.58. The molecule has 0 aliphatic carbocycles. The highest BCUT2D eigenvalue weighted by atomic mass is 32.1. The van der Waals surface area contributed by atoms with Gasteiger partial charge in [-0.1, -0.05) is 25.1 Å². The van der Waals surface area contributed by atoms with E-state index in [-0.39, 0.29) is 5.82 Å². The van der Waals surface area contributed by atoms with Crippen LogP contribution in [0.2, 0.25) is 0 Å². The van der Waals surface area contributed by atoms with Gasteiger partial charge in [0, 0.05) is 37.0 Å². The minimum Gasteiger partial charge on any atom is -0.356 e. The standard InChI is InChI=1S/C17H23FN4S/c1-4-15-12(2)23-16(22-15)9-10-20-17(19-3)21-11-13-7-5-6-8-14(13)18/h5-8H,4,9-11H2,1-3H3,(H2,19,20,21). The zero-order valence-electron chi connectivity index (χ0n) is 13.8. The fourth-order valence-electron chi connectivity index (χ4n) is 2.25. The average Bonchev–Trinajstić information content (AvgIpc) is 2.92. The summed E-state index contributed by atoms with van der Waals surface area (Å²) in [4.78, 5) is 10.1. The number of aryl methyl sites for hydroxylation is 2. The Morgan fingerprint density at radius 2 is 2.09 bits per heavy atom. The molecule has 1 aromatic heterocycles. The van der Waals surface area contributed by atoms with Crippen LogP contribution < -0.4 is 10.6 Å². The highest BCUT2D eigenvalue weighted by Gasteiger charge is 2.06. The molecule has 0 amide bonds. The number of nitrogens with zero attached hydrogens (tertiary/aromatic N) is 2. The summed E-state index contributed by atoms with van der Waals surface area (Å²) in [6.07, 6.45) is 1.83. The van der Waals surface area contributed by atoms with Crippen molar-refractivity contribution in [2.45, 2.75) is 33.2 Å². The van der Waals surface area contributed by atoms with Gasteiger partial charge in [0.15, 0.2) is 5.96 Å². The smallest absolute Gasteiger partial charge is 0.191 e. The molecule has 2 N–H and O–H groups in total. The summed E-state index contributed by atoms with van der Waals surface area (Å²) in [6, 6.07) is 6.74. The van der Waals surface area contributed by atoms with E-state index in [1.165, 1.54) is 16.6 Å². The minimum atomic E-state index is -0.208. The van der Waals surface area contributed by atoms with Crippen LogP contribution in [0.5, 0.6) is 0 Å². The van der Waals surface area contributed by atoms with E-state index >= 15 is 0 Å². The molecule has 0 unspecified atom stereocenters. The number of nitrogens with one attached hydrogen (secondary N) is 2. The van der Waals surface area contributed by atoms with E-state index in [0.29, 0.717) is 18.1 Å². The van der Waals surface area contributed by atoms with Crippen molar-refractivity contribution in [1.82, 2.24) is 15.6 Å². The maximum Gasteiger partial charge on any atom is 0.191 e. The molecule has 0 fully saturated rings. The fourth-order valence-corrected chi connectivity index (χ4v) is 3.27. The average molecular weight is 334 g/mol. The Labute approximate surface area is 140 Å². The molecule has 2 aromatic rings. The Balaban J connectivity index is 1.80. The number of halogens is 1. The first-order valence-electron chi connectivity index (χ1n) is 7.77. The van der Waals surface area contributed by atoms with Crippen LogP contribution in [-0.2, 0) is 19.4 Å². The van der Waals surface area contributed by atoms with Gasteiger partial charge in [0.2, 0.25) is 0 Å². The van der Waals surface area contributed by atoms with Crippen molar-refractivity contribution in [2.75, 3.05) is 13.6 Å². The predicted octanol–water partition coefficient (Wildman–Crippen LogP) is 3.06. The molecule has 0 spiro atoms. The van der Waals surface area contributed by atoms with Crippen LogP contribution in [-0.4, -0.2) is 24.5 Å². The third-order valence-electron chi connectivity index (χ3n) is 3.53. The van der Waals surface area contributed by atoms with E-state index in [1.54, 1.807) is 30.5 Å². The molecule has 4 nitrogen and oxygen atoms in total. The molecule has 2 rings (SSSR count). The number of aromatic nitrogens is 1. The normalized spacial score (nSPS) is 11.6. The molecule has 0 aliphatic heterocycles. The van der Waals surface area contributed by atoms with E-state index in [0.717, 1.165) is 24.4 Å². The molecule has 0 atom stereocenters. The Morgan fingerprint density at radius 1 is 1.30 bits per heavy atom. The van der Waals surface area contributed by atoms with Crippen molar-refractivity contribution in [3.05, 3.63) is 51.2 Å².